The molecule has 5 nitrogen and oxygen atoms in total. The number of rotatable bonds is 5. The Balaban J connectivity index is 1.77. The largest absolute Gasteiger partial charge is 0.368 e. The van der Waals surface area contributed by atoms with Crippen LogP contribution in [0.2, 0.25) is 0 Å². The van der Waals surface area contributed by atoms with Crippen LogP contribution in [0.25, 0.3) is 0 Å². The molecule has 1 aliphatic carbocycles. The summed E-state index contributed by atoms with van der Waals surface area (Å²) in [6.07, 6.45) is 8.50. The number of piperidine rings is 1. The summed E-state index contributed by atoms with van der Waals surface area (Å²) in [6.45, 7) is 1.05. The van der Waals surface area contributed by atoms with Crippen molar-refractivity contribution in [3.05, 3.63) is 30.3 Å². The summed E-state index contributed by atoms with van der Waals surface area (Å²) in [6, 6.07) is 9.91. The first-order chi connectivity index (χ1) is 12.2. The van der Waals surface area contributed by atoms with Crippen LogP contribution in [0.15, 0.2) is 30.3 Å². The van der Waals surface area contributed by atoms with Crippen LogP contribution in [0.5, 0.6) is 0 Å². The summed E-state index contributed by atoms with van der Waals surface area (Å²) < 4.78 is 0. The molecule has 1 heterocycles. The summed E-state index contributed by atoms with van der Waals surface area (Å²) in [5, 5.41) is 0. The van der Waals surface area contributed by atoms with Crippen molar-refractivity contribution in [1.82, 2.24) is 4.90 Å². The van der Waals surface area contributed by atoms with Gasteiger partial charge in [0.2, 0.25) is 11.8 Å². The number of primary amides is 1. The second-order valence-corrected chi connectivity index (χ2v) is 7.28. The van der Waals surface area contributed by atoms with Gasteiger partial charge in [-0.3, -0.25) is 14.5 Å². The number of nitrogens with two attached hydrogens (primary N) is 1. The average molecular weight is 343 g/mol. The van der Waals surface area contributed by atoms with Gasteiger partial charge in [-0.15, -0.1) is 0 Å². The van der Waals surface area contributed by atoms with E-state index in [-0.39, 0.29) is 30.4 Å². The second-order valence-electron chi connectivity index (χ2n) is 7.28. The number of para-hydroxylation sites is 1. The molecule has 5 heteroatoms. The molecule has 0 bridgehead atoms. The fraction of sp³-hybridized carbons (Fsp3) is 0.600. The Bertz CT molecular complexity index is 584. The molecule has 1 aromatic carbocycles. The highest BCUT2D eigenvalue weighted by Crippen LogP contribution is 2.28. The van der Waals surface area contributed by atoms with Crippen molar-refractivity contribution in [3.8, 4) is 0 Å². The molecule has 2 amide bonds. The van der Waals surface area contributed by atoms with Gasteiger partial charge in [0.15, 0.2) is 0 Å². The van der Waals surface area contributed by atoms with Crippen molar-refractivity contribution >= 4 is 17.5 Å². The van der Waals surface area contributed by atoms with Crippen LogP contribution < -0.4 is 10.6 Å². The molecular formula is C20H29N3O2. The Morgan fingerprint density at radius 3 is 2.36 bits per heavy atom. The fourth-order valence-corrected chi connectivity index (χ4v) is 4.24. The maximum absolute atomic E-state index is 13.2. The molecule has 0 spiro atoms. The lowest BCUT2D eigenvalue weighted by Gasteiger charge is -2.38. The van der Waals surface area contributed by atoms with E-state index in [2.05, 4.69) is 0 Å². The lowest BCUT2D eigenvalue weighted by atomic mass is 9.93. The Labute approximate surface area is 150 Å². The molecule has 25 heavy (non-hydrogen) atoms. The van der Waals surface area contributed by atoms with Crippen LogP contribution in [-0.2, 0) is 9.59 Å². The average Bonchev–Trinajstić information content (AvgIpc) is 2.64. The lowest BCUT2D eigenvalue weighted by molar-refractivity contribution is -0.127. The van der Waals surface area contributed by atoms with E-state index < -0.39 is 0 Å². The van der Waals surface area contributed by atoms with E-state index in [9.17, 15) is 9.59 Å². The lowest BCUT2D eigenvalue weighted by Crippen LogP contribution is -2.53. The monoisotopic (exact) mass is 343 g/mol. The number of hydrogen-bond acceptors (Lipinski definition) is 3. The molecule has 0 aromatic heterocycles. The van der Waals surface area contributed by atoms with Crippen molar-refractivity contribution < 1.29 is 9.59 Å². The first-order valence-electron chi connectivity index (χ1n) is 9.57. The minimum atomic E-state index is -0.309. The predicted octanol–water partition coefficient (Wildman–Crippen LogP) is 2.69. The highest BCUT2D eigenvalue weighted by Gasteiger charge is 2.32. The van der Waals surface area contributed by atoms with Gasteiger partial charge < -0.3 is 10.6 Å². The van der Waals surface area contributed by atoms with E-state index in [1.807, 2.05) is 40.1 Å². The number of carbonyl (C=O) groups excluding carboxylic acids is 2. The summed E-state index contributed by atoms with van der Waals surface area (Å²) in [7, 11) is 0. The Morgan fingerprint density at radius 1 is 1.00 bits per heavy atom. The van der Waals surface area contributed by atoms with Crippen LogP contribution in [0.3, 0.4) is 0 Å². The van der Waals surface area contributed by atoms with Crippen LogP contribution in [-0.4, -0.2) is 41.9 Å². The van der Waals surface area contributed by atoms with E-state index in [1.54, 1.807) is 0 Å². The molecule has 2 N–H and O–H groups in total. The molecule has 1 atom stereocenters. The zero-order valence-corrected chi connectivity index (χ0v) is 14.9. The Morgan fingerprint density at radius 2 is 1.68 bits per heavy atom. The molecule has 2 fully saturated rings. The molecule has 1 aromatic rings. The van der Waals surface area contributed by atoms with Gasteiger partial charge in [0, 0.05) is 11.7 Å². The van der Waals surface area contributed by atoms with E-state index in [0.717, 1.165) is 44.3 Å². The van der Waals surface area contributed by atoms with Crippen molar-refractivity contribution in [3.63, 3.8) is 0 Å². The maximum Gasteiger partial charge on any atom is 0.241 e. The quantitative estimate of drug-likeness (QED) is 0.894. The minimum absolute atomic E-state index is 0.0891. The normalized spacial score (nSPS) is 22.5. The predicted molar refractivity (Wildman–Crippen MR) is 99.2 cm³/mol. The summed E-state index contributed by atoms with van der Waals surface area (Å²) in [5.74, 6) is -0.220. The molecule has 0 radical (unpaired) electrons. The third-order valence-electron chi connectivity index (χ3n) is 5.52. The van der Waals surface area contributed by atoms with Crippen molar-refractivity contribution in [2.75, 3.05) is 18.0 Å². The van der Waals surface area contributed by atoms with Gasteiger partial charge in [-0.2, -0.15) is 0 Å². The van der Waals surface area contributed by atoms with E-state index in [4.69, 9.17) is 5.73 Å². The second kappa shape index (κ2) is 8.48. The van der Waals surface area contributed by atoms with Crippen LogP contribution in [0.1, 0.15) is 51.4 Å². The molecule has 0 unspecified atom stereocenters. The highest BCUT2D eigenvalue weighted by molar-refractivity contribution is 5.95. The van der Waals surface area contributed by atoms with Crippen LogP contribution in [0.4, 0.5) is 5.69 Å². The van der Waals surface area contributed by atoms with Crippen LogP contribution >= 0.6 is 0 Å². The standard InChI is InChI=1S/C20H29N3O2/c21-20(25)18-13-7-8-14-22(18)15-19(24)23(16-9-3-1-4-10-16)17-11-5-2-6-12-17/h1,3-4,9-10,17-18H,2,5-8,11-15H2,(H2,21,25)/t18-/m1/s1. The van der Waals surface area contributed by atoms with Crippen molar-refractivity contribution in [2.24, 2.45) is 5.73 Å². The summed E-state index contributed by atoms with van der Waals surface area (Å²) in [4.78, 5) is 28.9. The molecule has 2 aliphatic rings. The number of carbonyl (C=O) groups is 2. The third-order valence-corrected chi connectivity index (χ3v) is 5.52. The van der Waals surface area contributed by atoms with E-state index >= 15 is 0 Å². The number of hydrogen-bond donors (Lipinski definition) is 1. The van der Waals surface area contributed by atoms with Gasteiger partial charge in [-0.05, 0) is 44.4 Å². The first kappa shape index (κ1) is 17.9. The molecular weight excluding hydrogens is 314 g/mol. The topological polar surface area (TPSA) is 66.6 Å². The number of amides is 2. The SMILES string of the molecule is NC(=O)[C@H]1CCCCN1CC(=O)N(c1ccccc1)C1CCCCC1. The number of benzene rings is 1. The van der Waals surface area contributed by atoms with Gasteiger partial charge >= 0.3 is 0 Å². The third kappa shape index (κ3) is 4.40. The maximum atomic E-state index is 13.2. The number of likely N-dealkylation sites (tertiary alicyclic amines) is 1. The van der Waals surface area contributed by atoms with Gasteiger partial charge in [0.05, 0.1) is 12.6 Å². The number of nitrogens with zero attached hydrogens (tertiary/aromatic N) is 2. The van der Waals surface area contributed by atoms with E-state index in [0.29, 0.717) is 0 Å². The molecule has 1 aliphatic heterocycles. The summed E-state index contributed by atoms with van der Waals surface area (Å²) in [5.41, 5.74) is 6.52. The molecule has 1 saturated carbocycles. The van der Waals surface area contributed by atoms with Crippen LogP contribution in [0, 0.1) is 0 Å². The van der Waals surface area contributed by atoms with Crippen molar-refractivity contribution in [1.29, 1.82) is 0 Å². The Hall–Kier alpha value is -1.88. The zero-order chi connectivity index (χ0) is 17.6. The molecule has 136 valence electrons. The molecule has 1 saturated heterocycles. The van der Waals surface area contributed by atoms with Gasteiger partial charge in [0.25, 0.3) is 0 Å². The van der Waals surface area contributed by atoms with Crippen molar-refractivity contribution in [2.45, 2.75) is 63.5 Å². The number of anilines is 1. The Kier molecular flexibility index (Phi) is 6.08. The fourth-order valence-electron chi connectivity index (χ4n) is 4.24. The minimum Gasteiger partial charge on any atom is -0.368 e. The van der Waals surface area contributed by atoms with Gasteiger partial charge in [0.1, 0.15) is 0 Å². The molecule has 3 rings (SSSR count). The zero-order valence-electron chi connectivity index (χ0n) is 14.9. The van der Waals surface area contributed by atoms with Gasteiger partial charge in [-0.25, -0.2) is 0 Å². The smallest absolute Gasteiger partial charge is 0.241 e. The van der Waals surface area contributed by atoms with E-state index in [1.165, 1.54) is 19.3 Å². The summed E-state index contributed by atoms with van der Waals surface area (Å²) >= 11 is 0. The highest BCUT2D eigenvalue weighted by atomic mass is 16.2. The van der Waals surface area contributed by atoms with Gasteiger partial charge in [-0.1, -0.05) is 43.9 Å². The first-order valence-corrected chi connectivity index (χ1v) is 9.57.